The number of benzene rings is 2. The number of ether oxygens (including phenoxy) is 1. The number of hydrogen-bond acceptors (Lipinski definition) is 8. The molecule has 0 bridgehead atoms. The monoisotopic (exact) mass is 588 g/mol. The Morgan fingerprint density at radius 1 is 1.21 bits per heavy atom. The third kappa shape index (κ3) is 7.97. The highest BCUT2D eigenvalue weighted by Gasteiger charge is 2.35. The number of amides is 1. The van der Waals surface area contributed by atoms with Gasteiger partial charge in [0.25, 0.3) is 0 Å². The Hall–Kier alpha value is -3.56. The Labute approximate surface area is 229 Å². The predicted molar refractivity (Wildman–Crippen MR) is 141 cm³/mol. The molecule has 3 rings (SSSR count). The molecule has 2 aromatic carbocycles. The van der Waals surface area contributed by atoms with Gasteiger partial charge in [0, 0.05) is 48.3 Å². The van der Waals surface area contributed by atoms with Gasteiger partial charge in [-0.25, -0.2) is 9.89 Å². The first-order valence-corrected chi connectivity index (χ1v) is 12.7. The van der Waals surface area contributed by atoms with E-state index in [4.69, 9.17) is 22.1 Å². The van der Waals surface area contributed by atoms with Gasteiger partial charge >= 0.3 is 12.3 Å². The number of likely N-dealkylation sites (N-methyl/N-ethyl adjacent to an activating group) is 1. The molecule has 3 aromatic rings. The number of nitrogens with zero attached hydrogens (tertiary/aromatic N) is 4. The molecule has 1 aromatic heterocycles. The number of rotatable bonds is 8. The second-order valence-corrected chi connectivity index (χ2v) is 10.6. The molecule has 1 heterocycles. The molecular weight excluding hydrogens is 563 g/mol. The van der Waals surface area contributed by atoms with Crippen LogP contribution in [0.5, 0.6) is 0 Å². The van der Waals surface area contributed by atoms with E-state index in [-0.39, 0.29) is 52.5 Å². The van der Waals surface area contributed by atoms with Crippen molar-refractivity contribution in [2.45, 2.75) is 32.5 Å². The normalized spacial score (nSPS) is 12.6. The molecular formula is C23H26ClF3N7O4S-. The van der Waals surface area contributed by atoms with Crippen LogP contribution in [0.1, 0.15) is 26.3 Å². The molecule has 0 aliphatic carbocycles. The van der Waals surface area contributed by atoms with Crippen molar-refractivity contribution in [1.82, 2.24) is 20.1 Å². The summed E-state index contributed by atoms with van der Waals surface area (Å²) in [5, 5.41) is 8.48. The number of carbonyl (C=O) groups excluding carboxylic acids is 1. The minimum atomic E-state index is -4.78. The number of carbonyl (C=O) groups is 1. The van der Waals surface area contributed by atoms with Crippen molar-refractivity contribution in [2.75, 3.05) is 35.5 Å². The lowest BCUT2D eigenvalue weighted by atomic mass is 9.98. The standard InChI is InChI=1S/C23H27ClF3N7O4S/c1-22(2,3)38-21(35)33(4)9-10-34(39(36)37)15-7-5-13(6-8-15)18-16(23(25,26)27)11-14(12-17(18)24)29-20-30-19(28)31-32-20/h5-8,11-12H,9-10H2,1-4H3,(H,36,37)(H4,28,29,30,31,32)/p-1. The Bertz CT molecular complexity index is 1350. The summed E-state index contributed by atoms with van der Waals surface area (Å²) in [6.45, 7) is 4.98. The second-order valence-electron chi connectivity index (χ2n) is 9.32. The first kappa shape index (κ1) is 30.0. The van der Waals surface area contributed by atoms with Gasteiger partial charge in [0.1, 0.15) is 5.60 Å². The van der Waals surface area contributed by atoms with E-state index < -0.39 is 34.7 Å². The summed E-state index contributed by atoms with van der Waals surface area (Å²) in [5.74, 6) is -0.0716. The number of hydrogen-bond donors (Lipinski definition) is 3. The molecule has 1 atom stereocenters. The lowest BCUT2D eigenvalue weighted by molar-refractivity contribution is -0.137. The van der Waals surface area contributed by atoms with E-state index in [1.807, 2.05) is 0 Å². The molecule has 0 aliphatic heterocycles. The Kier molecular flexibility index (Phi) is 8.98. The summed E-state index contributed by atoms with van der Waals surface area (Å²) in [7, 11) is 1.46. The van der Waals surface area contributed by atoms with Crippen LogP contribution in [0.4, 0.5) is 41.2 Å². The molecule has 4 N–H and O–H groups in total. The Morgan fingerprint density at radius 3 is 2.36 bits per heavy atom. The van der Waals surface area contributed by atoms with Gasteiger partial charge in [-0.2, -0.15) is 18.2 Å². The number of aromatic nitrogens is 3. The average molecular weight is 589 g/mol. The van der Waals surface area contributed by atoms with Crippen LogP contribution < -0.4 is 15.4 Å². The fourth-order valence-corrected chi connectivity index (χ4v) is 4.26. The van der Waals surface area contributed by atoms with Crippen LogP contribution in [-0.2, 0) is 22.2 Å². The van der Waals surface area contributed by atoms with Crippen molar-refractivity contribution in [3.05, 3.63) is 47.0 Å². The van der Waals surface area contributed by atoms with Gasteiger partial charge in [-0.05, 0) is 50.6 Å². The Balaban J connectivity index is 1.86. The average Bonchev–Trinajstić information content (AvgIpc) is 3.21. The quantitative estimate of drug-likeness (QED) is 0.313. The highest BCUT2D eigenvalue weighted by atomic mass is 35.5. The molecule has 0 aliphatic rings. The van der Waals surface area contributed by atoms with E-state index in [1.165, 1.54) is 42.3 Å². The van der Waals surface area contributed by atoms with E-state index >= 15 is 0 Å². The van der Waals surface area contributed by atoms with E-state index in [0.29, 0.717) is 0 Å². The molecule has 39 heavy (non-hydrogen) atoms. The fraction of sp³-hybridized carbons (Fsp3) is 0.348. The summed E-state index contributed by atoms with van der Waals surface area (Å²) in [6.07, 6.45) is -5.41. The van der Waals surface area contributed by atoms with Crippen molar-refractivity contribution in [3.63, 3.8) is 0 Å². The van der Waals surface area contributed by atoms with Crippen molar-refractivity contribution in [1.29, 1.82) is 0 Å². The van der Waals surface area contributed by atoms with Crippen LogP contribution in [0.3, 0.4) is 0 Å². The summed E-state index contributed by atoms with van der Waals surface area (Å²) in [5.41, 5.74) is 3.65. The van der Waals surface area contributed by atoms with Gasteiger partial charge in [0.2, 0.25) is 11.9 Å². The number of aromatic amines is 1. The molecule has 11 nitrogen and oxygen atoms in total. The molecule has 0 radical (unpaired) electrons. The molecule has 1 amide bonds. The first-order valence-electron chi connectivity index (χ1n) is 11.3. The number of H-pyrrole nitrogens is 1. The van der Waals surface area contributed by atoms with Crippen LogP contribution in [0.2, 0.25) is 5.02 Å². The summed E-state index contributed by atoms with van der Waals surface area (Å²) in [6, 6.07) is 7.47. The van der Waals surface area contributed by atoms with Crippen molar-refractivity contribution >= 4 is 52.2 Å². The highest BCUT2D eigenvalue weighted by molar-refractivity contribution is 7.80. The zero-order chi connectivity index (χ0) is 29.1. The van der Waals surface area contributed by atoms with Crippen LogP contribution in [0.15, 0.2) is 36.4 Å². The first-order chi connectivity index (χ1) is 18.0. The molecule has 16 heteroatoms. The smallest absolute Gasteiger partial charge is 0.417 e. The van der Waals surface area contributed by atoms with Gasteiger partial charge in [-0.15, -0.1) is 5.10 Å². The lowest BCUT2D eigenvalue weighted by Gasteiger charge is -2.30. The number of halogens is 4. The minimum absolute atomic E-state index is 0.000333. The molecule has 0 spiro atoms. The third-order valence-corrected chi connectivity index (χ3v) is 6.17. The van der Waals surface area contributed by atoms with Crippen LogP contribution >= 0.6 is 11.6 Å². The molecule has 0 saturated heterocycles. The topological polar surface area (TPSA) is 153 Å². The van der Waals surface area contributed by atoms with Gasteiger partial charge in [-0.3, -0.25) is 4.21 Å². The summed E-state index contributed by atoms with van der Waals surface area (Å²) in [4.78, 5) is 17.2. The lowest BCUT2D eigenvalue weighted by Crippen LogP contribution is -2.39. The highest BCUT2D eigenvalue weighted by Crippen LogP contribution is 2.43. The number of nitrogens with two attached hydrogens (primary N) is 1. The van der Waals surface area contributed by atoms with E-state index in [9.17, 15) is 26.7 Å². The third-order valence-electron chi connectivity index (χ3n) is 5.12. The van der Waals surface area contributed by atoms with Gasteiger partial charge in [-0.1, -0.05) is 23.7 Å². The van der Waals surface area contributed by atoms with Gasteiger partial charge < -0.3 is 29.5 Å². The zero-order valence-electron chi connectivity index (χ0n) is 21.3. The second kappa shape index (κ2) is 11.7. The largest absolute Gasteiger partial charge is 0.755 e. The minimum Gasteiger partial charge on any atom is -0.755 e. The Morgan fingerprint density at radius 2 is 1.85 bits per heavy atom. The van der Waals surface area contributed by atoms with E-state index in [0.717, 1.165) is 10.4 Å². The number of anilines is 4. The van der Waals surface area contributed by atoms with Crippen LogP contribution in [0, 0.1) is 0 Å². The van der Waals surface area contributed by atoms with Crippen molar-refractivity contribution < 1.29 is 31.5 Å². The van der Waals surface area contributed by atoms with E-state index in [1.54, 1.807) is 20.8 Å². The summed E-state index contributed by atoms with van der Waals surface area (Å²) < 4.78 is 72.0. The maximum absolute atomic E-state index is 14.0. The molecule has 0 fully saturated rings. The molecule has 212 valence electrons. The summed E-state index contributed by atoms with van der Waals surface area (Å²) >= 11 is 3.56. The maximum Gasteiger partial charge on any atom is 0.417 e. The van der Waals surface area contributed by atoms with Gasteiger partial charge in [0.15, 0.2) is 0 Å². The number of nitrogens with one attached hydrogen (secondary N) is 2. The predicted octanol–water partition coefficient (Wildman–Crippen LogP) is 4.94. The number of alkyl halides is 3. The van der Waals surface area contributed by atoms with Crippen LogP contribution in [0.25, 0.3) is 11.1 Å². The fourth-order valence-electron chi connectivity index (χ4n) is 3.41. The molecule has 0 saturated carbocycles. The van der Waals surface area contributed by atoms with Crippen molar-refractivity contribution in [2.24, 2.45) is 0 Å². The van der Waals surface area contributed by atoms with Gasteiger partial charge in [0.05, 0.1) is 10.6 Å². The zero-order valence-corrected chi connectivity index (χ0v) is 22.9. The number of nitrogen functional groups attached to an aromatic ring is 1. The van der Waals surface area contributed by atoms with Crippen LogP contribution in [-0.4, -0.2) is 60.7 Å². The van der Waals surface area contributed by atoms with E-state index in [2.05, 4.69) is 20.5 Å². The molecule has 1 unspecified atom stereocenters. The maximum atomic E-state index is 14.0. The SMILES string of the molecule is CN(CCN(c1ccc(-c2c(Cl)cc(Nc3n[nH]c(N)n3)cc2C(F)(F)F)cc1)S(=O)[O-])C(=O)OC(C)(C)C. The van der Waals surface area contributed by atoms with Crippen molar-refractivity contribution in [3.8, 4) is 11.1 Å².